The topological polar surface area (TPSA) is 185 Å². The van der Waals surface area contributed by atoms with Crippen LogP contribution in [-0.4, -0.2) is 107 Å². The normalized spacial score (nSPS) is 28.2. The van der Waals surface area contributed by atoms with Crippen molar-refractivity contribution in [1.29, 1.82) is 0 Å². The number of carbonyl (C=O) groups is 3. The number of aliphatic hydroxyl groups excluding tert-OH is 3. The van der Waals surface area contributed by atoms with Gasteiger partial charge < -0.3 is 44.9 Å². The first kappa shape index (κ1) is 36.7. The molecule has 53 heavy (non-hydrogen) atoms. The average Bonchev–Trinajstić information content (AvgIpc) is 3.75. The van der Waals surface area contributed by atoms with Crippen molar-refractivity contribution in [2.24, 2.45) is 5.41 Å². The summed E-state index contributed by atoms with van der Waals surface area (Å²) in [6, 6.07) is 23.5. The molecule has 2 bridgehead atoms. The monoisotopic (exact) mass is 729 g/mol. The minimum atomic E-state index is -1.63. The van der Waals surface area contributed by atoms with E-state index in [1.807, 2.05) is 84.9 Å². The number of aliphatic hydroxyl groups is 3. The molecule has 2 amide bonds. The van der Waals surface area contributed by atoms with Gasteiger partial charge in [0.05, 0.1) is 32.1 Å². The molecule has 0 radical (unpaired) electrons. The van der Waals surface area contributed by atoms with E-state index < -0.39 is 71.6 Å². The van der Waals surface area contributed by atoms with Crippen molar-refractivity contribution in [2.45, 2.75) is 68.3 Å². The van der Waals surface area contributed by atoms with Gasteiger partial charge in [-0.25, -0.2) is 0 Å². The standard InChI is InChI=1S/C39H43N3O11/c1-24(45)30(35(46)40-17-18-43)41-37(48)38-22-29-31-32(52-39(51-31,27-8-4-2-5-9-27)28-10-6-3-7-11-28)34(38)53-42(33(38)36(47)50-29)23-26-14-12-25(13-15-26)16-20-49-21-19-44/h2-16,20,24,29-34,43-45H,17-19,21-23H2,1H3,(H,40,46)(H,41,48). The van der Waals surface area contributed by atoms with Gasteiger partial charge in [-0.05, 0) is 24.1 Å². The number of amides is 2. The smallest absolute Gasteiger partial charge is 0.327 e. The molecule has 0 aromatic heterocycles. The average molecular weight is 730 g/mol. The second kappa shape index (κ2) is 15.4. The molecule has 7 rings (SSSR count). The summed E-state index contributed by atoms with van der Waals surface area (Å²) < 4.78 is 25.2. The zero-order chi connectivity index (χ0) is 37.2. The third-order valence-electron chi connectivity index (χ3n) is 10.2. The first-order valence-corrected chi connectivity index (χ1v) is 17.7. The summed E-state index contributed by atoms with van der Waals surface area (Å²) in [4.78, 5) is 48.7. The van der Waals surface area contributed by atoms with Crippen LogP contribution in [0.1, 0.15) is 35.6 Å². The van der Waals surface area contributed by atoms with E-state index in [0.29, 0.717) is 11.1 Å². The highest BCUT2D eigenvalue weighted by Gasteiger charge is 2.76. The van der Waals surface area contributed by atoms with Crippen LogP contribution < -0.4 is 10.6 Å². The molecule has 3 aromatic carbocycles. The molecule has 1 aliphatic carbocycles. The zero-order valence-electron chi connectivity index (χ0n) is 29.1. The second-order valence-corrected chi connectivity index (χ2v) is 13.6. The number of nitrogens with zero attached hydrogens (tertiary/aromatic N) is 1. The third-order valence-corrected chi connectivity index (χ3v) is 10.2. The van der Waals surface area contributed by atoms with E-state index in [9.17, 15) is 24.6 Å². The number of rotatable bonds is 14. The van der Waals surface area contributed by atoms with Gasteiger partial charge >= 0.3 is 5.97 Å². The number of hydroxylamine groups is 2. The molecular weight excluding hydrogens is 686 g/mol. The number of nitrogens with one attached hydrogen (secondary N) is 2. The summed E-state index contributed by atoms with van der Waals surface area (Å²) in [5.41, 5.74) is 1.34. The van der Waals surface area contributed by atoms with E-state index in [1.54, 1.807) is 6.08 Å². The molecule has 14 nitrogen and oxygen atoms in total. The van der Waals surface area contributed by atoms with Crippen LogP contribution >= 0.6 is 0 Å². The van der Waals surface area contributed by atoms with Crippen molar-refractivity contribution in [3.05, 3.63) is 113 Å². The minimum Gasteiger partial charge on any atom is -0.499 e. The Labute approximate surface area is 306 Å². The number of benzene rings is 3. The van der Waals surface area contributed by atoms with Crippen molar-refractivity contribution in [1.82, 2.24) is 15.7 Å². The Balaban J connectivity index is 1.27. The molecule has 0 spiro atoms. The Morgan fingerprint density at radius 1 is 0.962 bits per heavy atom. The highest BCUT2D eigenvalue weighted by atomic mass is 16.8. The number of ether oxygens (including phenoxy) is 4. The van der Waals surface area contributed by atoms with E-state index in [0.717, 1.165) is 11.1 Å². The summed E-state index contributed by atoms with van der Waals surface area (Å²) >= 11 is 0. The maximum absolute atomic E-state index is 14.8. The zero-order valence-corrected chi connectivity index (χ0v) is 29.1. The Bertz CT molecular complexity index is 1750. The van der Waals surface area contributed by atoms with Crippen molar-refractivity contribution < 1.29 is 53.5 Å². The van der Waals surface area contributed by atoms with Crippen molar-refractivity contribution in [2.75, 3.05) is 26.4 Å². The molecule has 8 atom stereocenters. The molecule has 3 saturated heterocycles. The molecular formula is C39H43N3O11. The highest BCUT2D eigenvalue weighted by Crippen LogP contribution is 2.59. The molecule has 3 aliphatic heterocycles. The summed E-state index contributed by atoms with van der Waals surface area (Å²) in [7, 11) is 0. The van der Waals surface area contributed by atoms with Gasteiger partial charge in [0.15, 0.2) is 6.04 Å². The molecule has 8 unspecified atom stereocenters. The van der Waals surface area contributed by atoms with Gasteiger partial charge in [-0.2, -0.15) is 5.06 Å². The minimum absolute atomic E-state index is 0.0110. The summed E-state index contributed by atoms with van der Waals surface area (Å²) in [6.07, 6.45) is -1.87. The third kappa shape index (κ3) is 6.72. The SMILES string of the molecule is CC(O)C(NC(=O)C12CC3OC(=O)C1N(Cc1ccc(C=COCCO)cc1)OC2C1OC(c2ccccc2)(c2ccccc2)OC31)C(=O)NCCO. The maximum Gasteiger partial charge on any atom is 0.327 e. The van der Waals surface area contributed by atoms with Gasteiger partial charge in [0, 0.05) is 24.1 Å². The fourth-order valence-electron chi connectivity index (χ4n) is 7.82. The van der Waals surface area contributed by atoms with Crippen molar-refractivity contribution in [3.8, 4) is 0 Å². The predicted molar refractivity (Wildman–Crippen MR) is 187 cm³/mol. The van der Waals surface area contributed by atoms with Crippen LogP contribution in [0.25, 0.3) is 6.08 Å². The number of fused-ring (bicyclic) bond motifs is 4. The summed E-state index contributed by atoms with van der Waals surface area (Å²) in [6.45, 7) is 1.11. The summed E-state index contributed by atoms with van der Waals surface area (Å²) in [5, 5.41) is 35.5. The van der Waals surface area contributed by atoms with Crippen LogP contribution in [0.4, 0.5) is 0 Å². The number of esters is 1. The highest BCUT2D eigenvalue weighted by molar-refractivity contribution is 5.96. The lowest BCUT2D eigenvalue weighted by Gasteiger charge is -2.49. The van der Waals surface area contributed by atoms with E-state index >= 15 is 0 Å². The quantitative estimate of drug-likeness (QED) is 0.0907. The van der Waals surface area contributed by atoms with Gasteiger partial charge in [0.1, 0.15) is 42.5 Å². The van der Waals surface area contributed by atoms with Crippen LogP contribution in [-0.2, 0) is 50.5 Å². The van der Waals surface area contributed by atoms with Crippen LogP contribution in [0.5, 0.6) is 0 Å². The van der Waals surface area contributed by atoms with Gasteiger partial charge in [-0.15, -0.1) is 0 Å². The lowest BCUT2D eigenvalue weighted by Crippen LogP contribution is -2.71. The van der Waals surface area contributed by atoms with Crippen LogP contribution in [0.15, 0.2) is 91.2 Å². The summed E-state index contributed by atoms with van der Waals surface area (Å²) in [5.74, 6) is -3.53. The fraction of sp³-hybridized carbons (Fsp3) is 0.410. The number of carbonyl (C=O) groups excluding carboxylic acids is 3. The molecule has 3 aromatic rings. The molecule has 5 N–H and O–H groups in total. The lowest BCUT2D eigenvalue weighted by molar-refractivity contribution is -0.213. The van der Waals surface area contributed by atoms with E-state index in [1.165, 1.54) is 18.2 Å². The first-order valence-electron chi connectivity index (χ1n) is 17.7. The Kier molecular flexibility index (Phi) is 10.6. The van der Waals surface area contributed by atoms with E-state index in [2.05, 4.69) is 10.6 Å². The molecule has 1 saturated carbocycles. The van der Waals surface area contributed by atoms with Gasteiger partial charge in [0.2, 0.25) is 17.6 Å². The van der Waals surface area contributed by atoms with Gasteiger partial charge in [0.25, 0.3) is 0 Å². The molecule has 4 fully saturated rings. The Morgan fingerprint density at radius 3 is 2.25 bits per heavy atom. The van der Waals surface area contributed by atoms with E-state index in [4.69, 9.17) is 28.9 Å². The molecule has 4 aliphatic rings. The molecule has 3 heterocycles. The lowest BCUT2D eigenvalue weighted by atomic mass is 9.62. The van der Waals surface area contributed by atoms with Crippen LogP contribution in [0.3, 0.4) is 0 Å². The van der Waals surface area contributed by atoms with Gasteiger partial charge in [-0.3, -0.25) is 19.2 Å². The molecule has 14 heteroatoms. The van der Waals surface area contributed by atoms with Crippen LogP contribution in [0.2, 0.25) is 0 Å². The first-order chi connectivity index (χ1) is 25.7. The Morgan fingerprint density at radius 2 is 1.62 bits per heavy atom. The second-order valence-electron chi connectivity index (χ2n) is 13.6. The van der Waals surface area contributed by atoms with Crippen LogP contribution in [0, 0.1) is 5.41 Å². The number of hydrogen-bond donors (Lipinski definition) is 5. The molecule has 280 valence electrons. The maximum atomic E-state index is 14.8. The number of hydrogen-bond acceptors (Lipinski definition) is 12. The predicted octanol–water partition coefficient (Wildman–Crippen LogP) is 1.13. The largest absolute Gasteiger partial charge is 0.499 e. The van der Waals surface area contributed by atoms with Crippen molar-refractivity contribution in [3.63, 3.8) is 0 Å². The van der Waals surface area contributed by atoms with E-state index in [-0.39, 0.29) is 39.3 Å². The Hall–Kier alpha value is -4.67. The van der Waals surface area contributed by atoms with Gasteiger partial charge in [-0.1, -0.05) is 84.9 Å². The fourth-order valence-corrected chi connectivity index (χ4v) is 7.82. The van der Waals surface area contributed by atoms with Crippen molar-refractivity contribution >= 4 is 23.9 Å².